The minimum atomic E-state index is -0.308. The molecular formula is C18H23FN4OS. The molecule has 3 rings (SSSR count). The highest BCUT2D eigenvalue weighted by Crippen LogP contribution is 2.36. The van der Waals surface area contributed by atoms with Crippen molar-refractivity contribution in [3.63, 3.8) is 0 Å². The van der Waals surface area contributed by atoms with E-state index in [1.807, 2.05) is 33.8 Å². The molecular weight excluding hydrogens is 339 g/mol. The van der Waals surface area contributed by atoms with Gasteiger partial charge >= 0.3 is 6.03 Å². The molecule has 5 nitrogen and oxygen atoms in total. The molecule has 134 valence electrons. The van der Waals surface area contributed by atoms with E-state index in [9.17, 15) is 9.18 Å². The first-order valence-corrected chi connectivity index (χ1v) is 9.29. The zero-order valence-electron chi connectivity index (χ0n) is 14.9. The SMILES string of the molecule is Cc1cc(NC(=O)N[C@H]2CCSc3ccc(F)cc32)n(C(C)(C)C)n1. The third-order valence-electron chi connectivity index (χ3n) is 4.03. The average molecular weight is 362 g/mol. The van der Waals surface area contributed by atoms with Gasteiger partial charge in [-0.2, -0.15) is 5.10 Å². The highest BCUT2D eigenvalue weighted by Gasteiger charge is 2.24. The van der Waals surface area contributed by atoms with E-state index >= 15 is 0 Å². The van der Waals surface area contributed by atoms with E-state index in [-0.39, 0.29) is 23.4 Å². The first-order chi connectivity index (χ1) is 11.7. The molecule has 25 heavy (non-hydrogen) atoms. The fourth-order valence-electron chi connectivity index (χ4n) is 2.93. The van der Waals surface area contributed by atoms with Crippen molar-refractivity contribution in [3.05, 3.63) is 41.3 Å². The first kappa shape index (κ1) is 17.8. The van der Waals surface area contributed by atoms with E-state index in [1.165, 1.54) is 12.1 Å². The van der Waals surface area contributed by atoms with E-state index in [1.54, 1.807) is 22.5 Å². The Morgan fingerprint density at radius 1 is 1.36 bits per heavy atom. The molecule has 0 spiro atoms. The Labute approximate surface area is 151 Å². The number of aryl methyl sites for hydroxylation is 1. The van der Waals surface area contributed by atoms with Crippen LogP contribution in [-0.4, -0.2) is 21.6 Å². The number of nitrogens with one attached hydrogen (secondary N) is 2. The van der Waals surface area contributed by atoms with Gasteiger partial charge in [-0.05, 0) is 57.9 Å². The smallest absolute Gasteiger partial charge is 0.320 e. The van der Waals surface area contributed by atoms with Gasteiger partial charge in [0.05, 0.1) is 17.3 Å². The Morgan fingerprint density at radius 3 is 2.84 bits per heavy atom. The molecule has 0 radical (unpaired) electrons. The second-order valence-electron chi connectivity index (χ2n) is 7.22. The van der Waals surface area contributed by atoms with Gasteiger partial charge in [-0.25, -0.2) is 13.9 Å². The van der Waals surface area contributed by atoms with Gasteiger partial charge in [0.2, 0.25) is 0 Å². The summed E-state index contributed by atoms with van der Waals surface area (Å²) in [5, 5.41) is 10.3. The number of benzene rings is 1. The number of hydrogen-bond donors (Lipinski definition) is 2. The molecule has 2 N–H and O–H groups in total. The predicted molar refractivity (Wildman–Crippen MR) is 98.6 cm³/mol. The van der Waals surface area contributed by atoms with Crippen LogP contribution in [0.25, 0.3) is 0 Å². The summed E-state index contributed by atoms with van der Waals surface area (Å²) in [6, 6.07) is 6.08. The van der Waals surface area contributed by atoms with E-state index in [4.69, 9.17) is 0 Å². The van der Waals surface area contributed by atoms with Crippen LogP contribution >= 0.6 is 11.8 Å². The molecule has 1 aliphatic heterocycles. The molecule has 1 atom stereocenters. The molecule has 7 heteroatoms. The Balaban J connectivity index is 1.76. The third kappa shape index (κ3) is 3.98. The van der Waals surface area contributed by atoms with Gasteiger partial charge in [0.25, 0.3) is 0 Å². The van der Waals surface area contributed by atoms with Crippen molar-refractivity contribution in [1.82, 2.24) is 15.1 Å². The van der Waals surface area contributed by atoms with Gasteiger partial charge in [-0.1, -0.05) is 0 Å². The van der Waals surface area contributed by atoms with Gasteiger partial charge in [0, 0.05) is 16.7 Å². The number of aromatic nitrogens is 2. The minimum Gasteiger partial charge on any atom is -0.331 e. The van der Waals surface area contributed by atoms with Crippen LogP contribution in [0.1, 0.15) is 44.5 Å². The second-order valence-corrected chi connectivity index (χ2v) is 8.36. The summed E-state index contributed by atoms with van der Waals surface area (Å²) in [7, 11) is 0. The summed E-state index contributed by atoms with van der Waals surface area (Å²) in [5.41, 5.74) is 1.44. The van der Waals surface area contributed by atoms with Crippen molar-refractivity contribution in [1.29, 1.82) is 0 Å². The van der Waals surface area contributed by atoms with Gasteiger partial charge < -0.3 is 5.32 Å². The van der Waals surface area contributed by atoms with Gasteiger partial charge in [-0.15, -0.1) is 11.8 Å². The fourth-order valence-corrected chi connectivity index (χ4v) is 4.03. The number of nitrogens with zero attached hydrogens (tertiary/aromatic N) is 2. The highest BCUT2D eigenvalue weighted by atomic mass is 32.2. The van der Waals surface area contributed by atoms with Crippen LogP contribution in [0.4, 0.5) is 15.0 Å². The molecule has 1 aromatic carbocycles. The summed E-state index contributed by atoms with van der Waals surface area (Å²) in [5.74, 6) is 1.25. The lowest BCUT2D eigenvalue weighted by Gasteiger charge is -2.27. The molecule has 2 amide bonds. The van der Waals surface area contributed by atoms with Crippen molar-refractivity contribution in [2.24, 2.45) is 0 Å². The number of halogens is 1. The second kappa shape index (κ2) is 6.71. The molecule has 0 aliphatic carbocycles. The molecule has 2 heterocycles. The van der Waals surface area contributed by atoms with Crippen molar-refractivity contribution in [2.45, 2.75) is 50.6 Å². The van der Waals surface area contributed by atoms with Crippen LogP contribution < -0.4 is 10.6 Å². The summed E-state index contributed by atoms with van der Waals surface area (Å²) >= 11 is 1.69. The molecule has 1 aliphatic rings. The van der Waals surface area contributed by atoms with E-state index < -0.39 is 0 Å². The van der Waals surface area contributed by atoms with Crippen LogP contribution in [0.5, 0.6) is 0 Å². The third-order valence-corrected chi connectivity index (χ3v) is 5.15. The van der Waals surface area contributed by atoms with Crippen molar-refractivity contribution < 1.29 is 9.18 Å². The maximum absolute atomic E-state index is 13.6. The summed E-state index contributed by atoms with van der Waals surface area (Å²) < 4.78 is 15.4. The van der Waals surface area contributed by atoms with Crippen molar-refractivity contribution in [2.75, 3.05) is 11.1 Å². The summed E-state index contributed by atoms with van der Waals surface area (Å²) in [6.07, 6.45) is 0.770. The lowest BCUT2D eigenvalue weighted by Crippen LogP contribution is -2.36. The predicted octanol–water partition coefficient (Wildman–Crippen LogP) is 4.44. The number of thioether (sulfide) groups is 1. The highest BCUT2D eigenvalue weighted by molar-refractivity contribution is 7.99. The van der Waals surface area contributed by atoms with Crippen LogP contribution in [0.2, 0.25) is 0 Å². The Kier molecular flexibility index (Phi) is 4.77. The maximum Gasteiger partial charge on any atom is 0.320 e. The molecule has 0 bridgehead atoms. The number of anilines is 1. The standard InChI is InChI=1S/C18H23FN4OS/c1-11-9-16(23(22-11)18(2,3)4)21-17(24)20-14-7-8-25-15-6-5-12(19)10-13(14)15/h5-6,9-10,14H,7-8H2,1-4H3,(H2,20,21,24)/t14-/m0/s1. The molecule has 0 fully saturated rings. The number of rotatable bonds is 2. The van der Waals surface area contributed by atoms with Crippen LogP contribution in [0.15, 0.2) is 29.2 Å². The van der Waals surface area contributed by atoms with Crippen LogP contribution in [-0.2, 0) is 5.54 Å². The Hall–Kier alpha value is -2.02. The Bertz CT molecular complexity index is 797. The number of hydrogen-bond acceptors (Lipinski definition) is 3. The monoisotopic (exact) mass is 362 g/mol. The lowest BCUT2D eigenvalue weighted by atomic mass is 10.0. The van der Waals surface area contributed by atoms with Crippen molar-refractivity contribution >= 4 is 23.6 Å². The number of carbonyl (C=O) groups excluding carboxylic acids is 1. The van der Waals surface area contributed by atoms with Crippen LogP contribution in [0.3, 0.4) is 0 Å². The summed E-state index contributed by atoms with van der Waals surface area (Å²) in [6.45, 7) is 7.97. The fraction of sp³-hybridized carbons (Fsp3) is 0.444. The topological polar surface area (TPSA) is 59.0 Å². The minimum absolute atomic E-state index is 0.195. The Morgan fingerprint density at radius 2 is 2.12 bits per heavy atom. The number of fused-ring (bicyclic) bond motifs is 1. The number of urea groups is 1. The quantitative estimate of drug-likeness (QED) is 0.830. The van der Waals surface area contributed by atoms with Gasteiger partial charge in [0.1, 0.15) is 11.6 Å². The van der Waals surface area contributed by atoms with Crippen LogP contribution in [0, 0.1) is 12.7 Å². The zero-order chi connectivity index (χ0) is 18.2. The molecule has 0 saturated heterocycles. The summed E-state index contributed by atoms with van der Waals surface area (Å²) in [4.78, 5) is 13.5. The average Bonchev–Trinajstić information content (AvgIpc) is 2.88. The van der Waals surface area contributed by atoms with Crippen molar-refractivity contribution in [3.8, 4) is 0 Å². The number of carbonyl (C=O) groups is 1. The molecule has 2 aromatic rings. The van der Waals surface area contributed by atoms with E-state index in [0.29, 0.717) is 5.82 Å². The van der Waals surface area contributed by atoms with E-state index in [0.717, 1.165) is 28.3 Å². The molecule has 0 unspecified atom stereocenters. The lowest BCUT2D eigenvalue weighted by molar-refractivity contribution is 0.247. The zero-order valence-corrected chi connectivity index (χ0v) is 15.7. The first-order valence-electron chi connectivity index (χ1n) is 8.31. The van der Waals surface area contributed by atoms with Gasteiger partial charge in [-0.3, -0.25) is 5.32 Å². The molecule has 0 saturated carbocycles. The maximum atomic E-state index is 13.6. The molecule has 1 aromatic heterocycles. The largest absolute Gasteiger partial charge is 0.331 e. The van der Waals surface area contributed by atoms with Gasteiger partial charge in [0.15, 0.2) is 0 Å². The normalized spacial score (nSPS) is 17.1. The van der Waals surface area contributed by atoms with E-state index in [2.05, 4.69) is 15.7 Å². The number of amides is 2.